The van der Waals surface area contributed by atoms with E-state index in [1.54, 1.807) is 13.0 Å². The number of esters is 1. The molecule has 18 heavy (non-hydrogen) atoms. The van der Waals surface area contributed by atoms with Crippen molar-refractivity contribution in [3.8, 4) is 5.75 Å². The highest BCUT2D eigenvalue weighted by molar-refractivity contribution is 5.86. The molecule has 0 unspecified atom stereocenters. The van der Waals surface area contributed by atoms with E-state index in [1.165, 1.54) is 0 Å². The van der Waals surface area contributed by atoms with Gasteiger partial charge in [-0.3, -0.25) is 0 Å². The van der Waals surface area contributed by atoms with Crippen LogP contribution in [0.5, 0.6) is 5.75 Å². The van der Waals surface area contributed by atoms with E-state index in [0.29, 0.717) is 25.2 Å². The summed E-state index contributed by atoms with van der Waals surface area (Å²) in [6, 6.07) is 7.67. The van der Waals surface area contributed by atoms with Gasteiger partial charge >= 0.3 is 5.97 Å². The molecule has 1 rings (SSSR count). The molecule has 0 aromatic heterocycles. The zero-order valence-corrected chi connectivity index (χ0v) is 10.6. The van der Waals surface area contributed by atoms with Crippen molar-refractivity contribution in [3.63, 3.8) is 0 Å². The minimum atomic E-state index is -0.362. The standard InChI is InChI=1S/C15H18O3/c1-4-10-17-14-8-6-5-7-13(14)9-11-18-15(16)12(2)3/h4-8H,1-2,9-11H2,3H3. The van der Waals surface area contributed by atoms with Crippen molar-refractivity contribution in [1.29, 1.82) is 0 Å². The molecule has 3 heteroatoms. The number of rotatable bonds is 7. The molecule has 0 aliphatic rings. The quantitative estimate of drug-likeness (QED) is 0.421. The first-order valence-electron chi connectivity index (χ1n) is 5.79. The molecular weight excluding hydrogens is 228 g/mol. The molecule has 0 atom stereocenters. The maximum absolute atomic E-state index is 11.2. The molecule has 0 amide bonds. The molecule has 0 aliphatic heterocycles. The van der Waals surface area contributed by atoms with Crippen LogP contribution in [0.15, 0.2) is 49.1 Å². The largest absolute Gasteiger partial charge is 0.489 e. The molecule has 0 fully saturated rings. The van der Waals surface area contributed by atoms with Gasteiger partial charge in [-0.25, -0.2) is 4.79 Å². The van der Waals surface area contributed by atoms with Gasteiger partial charge < -0.3 is 9.47 Å². The lowest BCUT2D eigenvalue weighted by atomic mass is 10.1. The van der Waals surface area contributed by atoms with E-state index >= 15 is 0 Å². The van der Waals surface area contributed by atoms with Crippen LogP contribution in [0.3, 0.4) is 0 Å². The number of hydrogen-bond acceptors (Lipinski definition) is 3. The van der Waals surface area contributed by atoms with E-state index in [9.17, 15) is 4.79 Å². The Kier molecular flexibility index (Phi) is 5.71. The summed E-state index contributed by atoms with van der Waals surface area (Å²) >= 11 is 0. The maximum atomic E-state index is 11.2. The van der Waals surface area contributed by atoms with E-state index in [1.807, 2.05) is 24.3 Å². The third-order valence-corrected chi connectivity index (χ3v) is 2.28. The molecular formula is C15H18O3. The lowest BCUT2D eigenvalue weighted by molar-refractivity contribution is -0.138. The highest BCUT2D eigenvalue weighted by Crippen LogP contribution is 2.18. The fourth-order valence-corrected chi connectivity index (χ4v) is 1.38. The first kappa shape index (κ1) is 14.0. The van der Waals surface area contributed by atoms with Crippen LogP contribution < -0.4 is 4.74 Å². The van der Waals surface area contributed by atoms with Crippen LogP contribution >= 0.6 is 0 Å². The molecule has 1 aromatic rings. The first-order valence-corrected chi connectivity index (χ1v) is 5.79. The topological polar surface area (TPSA) is 35.5 Å². The van der Waals surface area contributed by atoms with Gasteiger partial charge in [0.1, 0.15) is 12.4 Å². The summed E-state index contributed by atoms with van der Waals surface area (Å²) in [7, 11) is 0. The van der Waals surface area contributed by atoms with Crippen molar-refractivity contribution in [3.05, 3.63) is 54.6 Å². The highest BCUT2D eigenvalue weighted by atomic mass is 16.5. The number of benzene rings is 1. The van der Waals surface area contributed by atoms with Gasteiger partial charge in [0, 0.05) is 12.0 Å². The predicted octanol–water partition coefficient (Wildman–Crippen LogP) is 2.91. The van der Waals surface area contributed by atoms with Gasteiger partial charge in [-0.15, -0.1) is 0 Å². The van der Waals surface area contributed by atoms with Crippen molar-refractivity contribution in [2.24, 2.45) is 0 Å². The zero-order chi connectivity index (χ0) is 13.4. The molecule has 0 saturated carbocycles. The summed E-state index contributed by atoms with van der Waals surface area (Å²) < 4.78 is 10.6. The first-order chi connectivity index (χ1) is 8.65. The number of carbonyl (C=O) groups is 1. The monoisotopic (exact) mass is 246 g/mol. The minimum absolute atomic E-state index is 0.320. The van der Waals surface area contributed by atoms with Gasteiger partial charge in [0.05, 0.1) is 6.61 Å². The molecule has 0 N–H and O–H groups in total. The molecule has 0 aliphatic carbocycles. The molecule has 3 nitrogen and oxygen atoms in total. The molecule has 0 bridgehead atoms. The number of carbonyl (C=O) groups excluding carboxylic acids is 1. The van der Waals surface area contributed by atoms with Gasteiger partial charge in [0.25, 0.3) is 0 Å². The Labute approximate surface area is 108 Å². The second-order valence-electron chi connectivity index (χ2n) is 3.87. The van der Waals surface area contributed by atoms with E-state index in [2.05, 4.69) is 13.2 Å². The van der Waals surface area contributed by atoms with Crippen molar-refractivity contribution < 1.29 is 14.3 Å². The minimum Gasteiger partial charge on any atom is -0.489 e. The predicted molar refractivity (Wildman–Crippen MR) is 71.6 cm³/mol. The smallest absolute Gasteiger partial charge is 0.333 e. The van der Waals surface area contributed by atoms with Crippen molar-refractivity contribution in [2.75, 3.05) is 13.2 Å². The molecule has 1 aromatic carbocycles. The summed E-state index contributed by atoms with van der Waals surface area (Å²) in [6.07, 6.45) is 2.31. The van der Waals surface area contributed by atoms with Gasteiger partial charge in [-0.2, -0.15) is 0 Å². The SMILES string of the molecule is C=CCOc1ccccc1CCOC(=O)C(=C)C. The number of ether oxygens (including phenoxy) is 2. The average molecular weight is 246 g/mol. The summed E-state index contributed by atoms with van der Waals surface area (Å²) in [6.45, 7) is 9.54. The van der Waals surface area contributed by atoms with E-state index in [-0.39, 0.29) is 5.97 Å². The van der Waals surface area contributed by atoms with Crippen LogP contribution in [0.25, 0.3) is 0 Å². The summed E-state index contributed by atoms with van der Waals surface area (Å²) in [5.74, 6) is 0.434. The molecule has 0 spiro atoms. The van der Waals surface area contributed by atoms with Crippen LogP contribution in [0.1, 0.15) is 12.5 Å². The third-order valence-electron chi connectivity index (χ3n) is 2.28. The van der Waals surface area contributed by atoms with Crippen LogP contribution in [0.2, 0.25) is 0 Å². The van der Waals surface area contributed by atoms with Crippen LogP contribution in [-0.2, 0) is 16.0 Å². The fourth-order valence-electron chi connectivity index (χ4n) is 1.38. The lowest BCUT2D eigenvalue weighted by Gasteiger charge is -2.10. The zero-order valence-electron chi connectivity index (χ0n) is 10.6. The fraction of sp³-hybridized carbons (Fsp3) is 0.267. The highest BCUT2D eigenvalue weighted by Gasteiger charge is 2.05. The van der Waals surface area contributed by atoms with Gasteiger partial charge in [-0.1, -0.05) is 37.4 Å². The van der Waals surface area contributed by atoms with Crippen molar-refractivity contribution in [2.45, 2.75) is 13.3 Å². The third kappa shape index (κ3) is 4.45. The van der Waals surface area contributed by atoms with Crippen LogP contribution in [0.4, 0.5) is 0 Å². The van der Waals surface area contributed by atoms with Crippen molar-refractivity contribution >= 4 is 5.97 Å². The summed E-state index contributed by atoms with van der Waals surface area (Å²) in [4.78, 5) is 11.2. The normalized spacial score (nSPS) is 9.61. The molecule has 0 saturated heterocycles. The Hall–Kier alpha value is -2.03. The van der Waals surface area contributed by atoms with Crippen molar-refractivity contribution in [1.82, 2.24) is 0 Å². The van der Waals surface area contributed by atoms with Gasteiger partial charge in [-0.05, 0) is 18.6 Å². The van der Waals surface area contributed by atoms with E-state index < -0.39 is 0 Å². The van der Waals surface area contributed by atoms with E-state index in [0.717, 1.165) is 11.3 Å². The van der Waals surface area contributed by atoms with Gasteiger partial charge in [0.15, 0.2) is 0 Å². The number of para-hydroxylation sites is 1. The van der Waals surface area contributed by atoms with Crippen LogP contribution in [0, 0.1) is 0 Å². The Morgan fingerprint density at radius 3 is 2.78 bits per heavy atom. The Balaban J connectivity index is 2.53. The lowest BCUT2D eigenvalue weighted by Crippen LogP contribution is -2.08. The molecule has 0 radical (unpaired) electrons. The molecule has 96 valence electrons. The molecule has 0 heterocycles. The Morgan fingerprint density at radius 2 is 2.11 bits per heavy atom. The summed E-state index contributed by atoms with van der Waals surface area (Å²) in [5.41, 5.74) is 1.42. The average Bonchev–Trinajstić information content (AvgIpc) is 2.37. The Bertz CT molecular complexity index is 435. The maximum Gasteiger partial charge on any atom is 0.333 e. The van der Waals surface area contributed by atoms with Gasteiger partial charge in [0.2, 0.25) is 0 Å². The Morgan fingerprint density at radius 1 is 1.39 bits per heavy atom. The summed E-state index contributed by atoms with van der Waals surface area (Å²) in [5, 5.41) is 0. The van der Waals surface area contributed by atoms with Crippen LogP contribution in [-0.4, -0.2) is 19.2 Å². The van der Waals surface area contributed by atoms with E-state index in [4.69, 9.17) is 9.47 Å². The second kappa shape index (κ2) is 7.33. The number of hydrogen-bond donors (Lipinski definition) is 0. The second-order valence-corrected chi connectivity index (χ2v) is 3.87.